The Morgan fingerprint density at radius 1 is 1.19 bits per heavy atom. The highest BCUT2D eigenvalue weighted by molar-refractivity contribution is 6.06. The van der Waals surface area contributed by atoms with Crippen LogP contribution in [0.25, 0.3) is 16.9 Å². The number of nitrogens with two attached hydrogens (primary N) is 1. The minimum absolute atomic E-state index is 0.0402. The van der Waals surface area contributed by atoms with E-state index in [2.05, 4.69) is 34.4 Å². The number of anilines is 2. The predicted octanol–water partition coefficient (Wildman–Crippen LogP) is 2.99. The van der Waals surface area contributed by atoms with Crippen LogP contribution < -0.4 is 16.0 Å². The number of morpholine rings is 1. The second kappa shape index (κ2) is 10.2. The number of hydrogen-bond acceptors (Lipinski definition) is 8. The largest absolute Gasteiger partial charge is 0.390 e. The number of hydrogen-bond donors (Lipinski definition) is 3. The molecule has 4 N–H and O–H groups in total. The average Bonchev–Trinajstić information content (AvgIpc) is 3.70. The van der Waals surface area contributed by atoms with Crippen molar-refractivity contribution in [2.75, 3.05) is 36.9 Å². The SMILES string of the molecule is C[C@@H](C1CC1)N1Cc2cc(-c3ccn4nc(N)c(C(=O)N[C@H]5CC[C@@](C)(O)CC5)c4n3)cc(N3CCOCC3)c2C1=O. The number of carbonyl (C=O) groups excluding carboxylic acids is 2. The van der Waals surface area contributed by atoms with Crippen LogP contribution in [0, 0.1) is 5.92 Å². The molecule has 1 atom stereocenters. The van der Waals surface area contributed by atoms with E-state index in [9.17, 15) is 14.7 Å². The zero-order chi connectivity index (χ0) is 29.2. The first kappa shape index (κ1) is 27.2. The molecule has 2 aliphatic carbocycles. The van der Waals surface area contributed by atoms with Gasteiger partial charge in [0.25, 0.3) is 11.8 Å². The van der Waals surface area contributed by atoms with Crippen LogP contribution in [-0.2, 0) is 11.3 Å². The van der Waals surface area contributed by atoms with Gasteiger partial charge < -0.3 is 30.7 Å². The van der Waals surface area contributed by atoms with Gasteiger partial charge in [0.15, 0.2) is 11.5 Å². The Labute approximate surface area is 245 Å². The third-order valence-corrected chi connectivity index (χ3v) is 9.60. The summed E-state index contributed by atoms with van der Waals surface area (Å²) in [4.78, 5) is 36.3. The lowest BCUT2D eigenvalue weighted by Gasteiger charge is -2.33. The van der Waals surface area contributed by atoms with Gasteiger partial charge in [0, 0.05) is 43.5 Å². The van der Waals surface area contributed by atoms with Crippen LogP contribution in [0.15, 0.2) is 24.4 Å². The molecule has 11 nitrogen and oxygen atoms in total. The molecule has 7 rings (SSSR count). The van der Waals surface area contributed by atoms with Crippen LogP contribution in [0.2, 0.25) is 0 Å². The lowest BCUT2D eigenvalue weighted by Crippen LogP contribution is -2.42. The Morgan fingerprint density at radius 3 is 2.64 bits per heavy atom. The number of carbonyl (C=O) groups is 2. The van der Waals surface area contributed by atoms with Crippen molar-refractivity contribution < 1.29 is 19.4 Å². The number of rotatable bonds is 6. The van der Waals surface area contributed by atoms with E-state index in [0.717, 1.165) is 22.4 Å². The van der Waals surface area contributed by atoms with Crippen molar-refractivity contribution in [3.63, 3.8) is 0 Å². The first-order chi connectivity index (χ1) is 20.2. The van der Waals surface area contributed by atoms with Crippen LogP contribution >= 0.6 is 0 Å². The topological polar surface area (TPSA) is 138 Å². The van der Waals surface area contributed by atoms with Gasteiger partial charge in [-0.1, -0.05) is 0 Å². The maximum Gasteiger partial charge on any atom is 0.259 e. The molecular weight excluding hydrogens is 534 g/mol. The molecule has 0 spiro atoms. The number of aromatic nitrogens is 3. The Morgan fingerprint density at radius 2 is 1.93 bits per heavy atom. The first-order valence-electron chi connectivity index (χ1n) is 15.2. The molecule has 11 heteroatoms. The minimum Gasteiger partial charge on any atom is -0.390 e. The molecule has 3 aromatic rings. The molecule has 1 saturated heterocycles. The molecule has 2 aliphatic heterocycles. The van der Waals surface area contributed by atoms with Crippen molar-refractivity contribution in [2.24, 2.45) is 5.92 Å². The van der Waals surface area contributed by atoms with Gasteiger partial charge in [0.1, 0.15) is 5.56 Å². The smallest absolute Gasteiger partial charge is 0.259 e. The summed E-state index contributed by atoms with van der Waals surface area (Å²) in [5.41, 5.74) is 10.5. The predicted molar refractivity (Wildman–Crippen MR) is 158 cm³/mol. The van der Waals surface area contributed by atoms with Gasteiger partial charge in [-0.2, -0.15) is 0 Å². The lowest BCUT2D eigenvalue weighted by molar-refractivity contribution is 0.0140. The van der Waals surface area contributed by atoms with Crippen LogP contribution in [0.1, 0.15) is 78.7 Å². The summed E-state index contributed by atoms with van der Waals surface area (Å²) in [5.74, 6) is 0.500. The fourth-order valence-corrected chi connectivity index (χ4v) is 6.79. The Hall–Kier alpha value is -3.70. The number of aliphatic hydroxyl groups is 1. The minimum atomic E-state index is -0.686. The molecule has 3 fully saturated rings. The van der Waals surface area contributed by atoms with Gasteiger partial charge in [0.05, 0.1) is 35.8 Å². The van der Waals surface area contributed by atoms with E-state index < -0.39 is 5.60 Å². The van der Waals surface area contributed by atoms with Crippen molar-refractivity contribution in [2.45, 2.75) is 76.6 Å². The summed E-state index contributed by atoms with van der Waals surface area (Å²) >= 11 is 0. The third kappa shape index (κ3) is 4.88. The number of nitrogens with one attached hydrogen (secondary N) is 1. The monoisotopic (exact) mass is 573 g/mol. The Balaban J connectivity index is 1.24. The number of fused-ring (bicyclic) bond motifs is 2. The zero-order valence-electron chi connectivity index (χ0n) is 24.3. The summed E-state index contributed by atoms with van der Waals surface area (Å²) in [7, 11) is 0. The van der Waals surface area contributed by atoms with Crippen LogP contribution in [0.3, 0.4) is 0 Å². The van der Waals surface area contributed by atoms with E-state index in [-0.39, 0.29) is 35.3 Å². The third-order valence-electron chi connectivity index (χ3n) is 9.60. The molecule has 2 saturated carbocycles. The number of amides is 2. The maximum atomic E-state index is 13.7. The average molecular weight is 574 g/mol. The highest BCUT2D eigenvalue weighted by Crippen LogP contribution is 2.42. The van der Waals surface area contributed by atoms with Gasteiger partial charge in [-0.15, -0.1) is 5.10 Å². The summed E-state index contributed by atoms with van der Waals surface area (Å²) in [6, 6.07) is 6.17. The van der Waals surface area contributed by atoms with E-state index >= 15 is 0 Å². The van der Waals surface area contributed by atoms with E-state index in [1.165, 1.54) is 17.4 Å². The molecule has 1 aromatic carbocycles. The molecular formula is C31H39N7O4. The Kier molecular flexibility index (Phi) is 6.62. The summed E-state index contributed by atoms with van der Waals surface area (Å²) in [5, 5.41) is 17.7. The highest BCUT2D eigenvalue weighted by Gasteiger charge is 2.40. The molecule has 4 heterocycles. The van der Waals surface area contributed by atoms with Gasteiger partial charge in [0.2, 0.25) is 0 Å². The van der Waals surface area contributed by atoms with Crippen molar-refractivity contribution in [1.29, 1.82) is 0 Å². The molecule has 4 aliphatic rings. The normalized spacial score (nSPS) is 25.1. The molecule has 0 unspecified atom stereocenters. The molecule has 0 bridgehead atoms. The molecule has 222 valence electrons. The molecule has 42 heavy (non-hydrogen) atoms. The van der Waals surface area contributed by atoms with Crippen LogP contribution in [0.5, 0.6) is 0 Å². The number of nitrogens with zero attached hydrogens (tertiary/aromatic N) is 5. The van der Waals surface area contributed by atoms with E-state index in [0.29, 0.717) is 75.8 Å². The van der Waals surface area contributed by atoms with Crippen molar-refractivity contribution >= 4 is 29.0 Å². The van der Waals surface area contributed by atoms with Crippen molar-refractivity contribution in [3.05, 3.63) is 41.1 Å². The fraction of sp³-hybridized carbons (Fsp3) is 0.548. The number of benzene rings is 1. The van der Waals surface area contributed by atoms with E-state index in [1.54, 1.807) is 6.20 Å². The number of nitrogen functional groups attached to an aromatic ring is 1. The standard InChI is InChI=1S/C31H39N7O4/c1-18(19-3-4-19)37-17-21-15-20(16-24(25(21)30(37)40)36-11-13-42-14-12-36)23-7-10-38-28(34-23)26(27(32)35-38)29(39)33-22-5-8-31(2,41)9-6-22/h7,10,15-16,18-19,22,41H,3-6,8-9,11-14,17H2,1-2H3,(H2,32,35)(H,33,39)/t18-,22-,31+/m0/s1. The van der Waals surface area contributed by atoms with Crippen LogP contribution in [0.4, 0.5) is 11.5 Å². The first-order valence-corrected chi connectivity index (χ1v) is 15.2. The summed E-state index contributed by atoms with van der Waals surface area (Å²) in [6.07, 6.45) is 6.80. The van der Waals surface area contributed by atoms with Gasteiger partial charge in [-0.05, 0) is 82.1 Å². The molecule has 0 radical (unpaired) electrons. The molecule has 2 aromatic heterocycles. The van der Waals surface area contributed by atoms with Gasteiger partial charge in [-0.25, -0.2) is 9.50 Å². The lowest BCUT2D eigenvalue weighted by atomic mass is 9.83. The summed E-state index contributed by atoms with van der Waals surface area (Å²) < 4.78 is 7.15. The molecule has 2 amide bonds. The Bertz CT molecular complexity index is 1550. The van der Waals surface area contributed by atoms with Crippen LogP contribution in [-0.4, -0.2) is 80.4 Å². The number of ether oxygens (including phenoxy) is 1. The second-order valence-corrected chi connectivity index (χ2v) is 12.7. The quantitative estimate of drug-likeness (QED) is 0.409. The summed E-state index contributed by atoms with van der Waals surface area (Å²) in [6.45, 7) is 7.25. The highest BCUT2D eigenvalue weighted by atomic mass is 16.5. The second-order valence-electron chi connectivity index (χ2n) is 12.7. The van der Waals surface area contributed by atoms with Crippen molar-refractivity contribution in [1.82, 2.24) is 24.8 Å². The fourth-order valence-electron chi connectivity index (χ4n) is 6.79. The zero-order valence-corrected chi connectivity index (χ0v) is 24.3. The van der Waals surface area contributed by atoms with E-state index in [1.807, 2.05) is 17.9 Å². The van der Waals surface area contributed by atoms with E-state index in [4.69, 9.17) is 15.5 Å². The maximum absolute atomic E-state index is 13.7. The van der Waals surface area contributed by atoms with Crippen molar-refractivity contribution in [3.8, 4) is 11.3 Å². The van der Waals surface area contributed by atoms with Gasteiger partial charge >= 0.3 is 0 Å². The van der Waals surface area contributed by atoms with Gasteiger partial charge in [-0.3, -0.25) is 9.59 Å².